The van der Waals surface area contributed by atoms with Crippen LogP contribution in [-0.4, -0.2) is 35.2 Å². The molecule has 7 nitrogen and oxygen atoms in total. The van der Waals surface area contributed by atoms with Crippen molar-refractivity contribution in [2.24, 2.45) is 22.6 Å². The Hall–Kier alpha value is -3.00. The van der Waals surface area contributed by atoms with Crippen LogP contribution in [0.2, 0.25) is 0 Å². The predicted octanol–water partition coefficient (Wildman–Crippen LogP) is 4.91. The zero-order valence-electron chi connectivity index (χ0n) is 19.4. The van der Waals surface area contributed by atoms with E-state index in [1.165, 1.54) is 6.07 Å². The maximum Gasteiger partial charge on any atom is 0.341 e. The van der Waals surface area contributed by atoms with Gasteiger partial charge in [0.1, 0.15) is 17.4 Å². The van der Waals surface area contributed by atoms with Crippen molar-refractivity contribution < 1.29 is 24.2 Å². The van der Waals surface area contributed by atoms with E-state index in [0.29, 0.717) is 29.5 Å². The topological polar surface area (TPSA) is 119 Å². The number of halogens is 1. The van der Waals surface area contributed by atoms with Gasteiger partial charge in [-0.1, -0.05) is 52.7 Å². The van der Waals surface area contributed by atoms with E-state index in [-0.39, 0.29) is 29.0 Å². The van der Waals surface area contributed by atoms with E-state index in [4.69, 9.17) is 15.6 Å². The Morgan fingerprint density at radius 2 is 1.74 bits per heavy atom. The summed E-state index contributed by atoms with van der Waals surface area (Å²) in [6, 6.07) is 14.5. The van der Waals surface area contributed by atoms with Crippen LogP contribution in [0.5, 0.6) is 5.75 Å². The molecule has 0 aliphatic heterocycles. The first-order chi connectivity index (χ1) is 16.8. The normalized spacial score (nSPS) is 22.8. The van der Waals surface area contributed by atoms with Crippen molar-refractivity contribution in [2.75, 3.05) is 6.61 Å². The summed E-state index contributed by atoms with van der Waals surface area (Å²) < 4.78 is 5.94. The molecule has 0 aromatic heterocycles. The standard InChI is InChI=1S/C27H29BrN2O5/c28-20-10-11-22(35-16-23(31)32)21(15-20)25(34)30-26(29)27(19-6-2-1-3-7-19)13-4-5-17(12-14-27)24(33)18-8-9-18/h1-3,6-7,10-11,15,17-18H,4-5,8-9,12-14,16H2,(H,31,32)(H2,29,30,34). The Bertz CT molecular complexity index is 1150. The van der Waals surface area contributed by atoms with Gasteiger partial charge in [0.2, 0.25) is 0 Å². The summed E-state index contributed by atoms with van der Waals surface area (Å²) in [5.74, 6) is -0.801. The summed E-state index contributed by atoms with van der Waals surface area (Å²) in [7, 11) is 0. The van der Waals surface area contributed by atoms with Gasteiger partial charge >= 0.3 is 5.97 Å². The zero-order valence-corrected chi connectivity index (χ0v) is 21.0. The number of rotatable bonds is 8. The summed E-state index contributed by atoms with van der Waals surface area (Å²) in [6.07, 6.45) is 5.65. The lowest BCUT2D eigenvalue weighted by Crippen LogP contribution is -2.42. The third kappa shape index (κ3) is 5.81. The number of amides is 1. The summed E-state index contributed by atoms with van der Waals surface area (Å²) >= 11 is 3.35. The number of nitrogens with zero attached hydrogens (tertiary/aromatic N) is 1. The monoisotopic (exact) mass is 540 g/mol. The molecule has 2 atom stereocenters. The van der Waals surface area contributed by atoms with Crippen LogP contribution in [0.1, 0.15) is 60.9 Å². The van der Waals surface area contributed by atoms with Crippen molar-refractivity contribution in [1.82, 2.24) is 0 Å². The average molecular weight is 541 g/mol. The number of carboxylic acid groups (broad SMARTS) is 1. The molecule has 0 spiro atoms. The third-order valence-electron chi connectivity index (χ3n) is 7.02. The number of ketones is 1. The molecule has 4 rings (SSSR count). The Labute approximate surface area is 212 Å². The van der Waals surface area contributed by atoms with Crippen LogP contribution in [0.4, 0.5) is 0 Å². The molecule has 0 radical (unpaired) electrons. The lowest BCUT2D eigenvalue weighted by Gasteiger charge is -2.33. The molecule has 2 aliphatic carbocycles. The highest BCUT2D eigenvalue weighted by molar-refractivity contribution is 9.10. The number of ether oxygens (including phenoxy) is 1. The Balaban J connectivity index is 1.66. The van der Waals surface area contributed by atoms with Gasteiger partial charge in [-0.2, -0.15) is 4.99 Å². The molecule has 8 heteroatoms. The number of nitrogens with two attached hydrogens (primary N) is 1. The van der Waals surface area contributed by atoms with E-state index in [2.05, 4.69) is 20.9 Å². The minimum absolute atomic E-state index is 0.0256. The number of amidine groups is 1. The number of carbonyl (C=O) groups is 3. The van der Waals surface area contributed by atoms with Gasteiger partial charge in [0.25, 0.3) is 5.91 Å². The number of aliphatic carboxylic acids is 1. The van der Waals surface area contributed by atoms with Gasteiger partial charge in [-0.3, -0.25) is 9.59 Å². The molecule has 2 aliphatic rings. The number of carboxylic acids is 1. The molecule has 2 aromatic carbocycles. The second-order valence-electron chi connectivity index (χ2n) is 9.38. The Kier molecular flexibility index (Phi) is 7.69. The van der Waals surface area contributed by atoms with Gasteiger partial charge in [-0.25, -0.2) is 4.79 Å². The van der Waals surface area contributed by atoms with Gasteiger partial charge < -0.3 is 15.6 Å². The molecule has 2 aromatic rings. The van der Waals surface area contributed by atoms with E-state index in [9.17, 15) is 14.4 Å². The minimum Gasteiger partial charge on any atom is -0.481 e. The summed E-state index contributed by atoms with van der Waals surface area (Å²) in [4.78, 5) is 41.4. The van der Waals surface area contributed by atoms with E-state index >= 15 is 0 Å². The highest BCUT2D eigenvalue weighted by Gasteiger charge is 2.42. The number of hydrogen-bond acceptors (Lipinski definition) is 4. The second kappa shape index (κ2) is 10.7. The van der Waals surface area contributed by atoms with Crippen LogP contribution >= 0.6 is 15.9 Å². The molecule has 35 heavy (non-hydrogen) atoms. The molecular weight excluding hydrogens is 512 g/mol. The van der Waals surface area contributed by atoms with Crippen molar-refractivity contribution in [2.45, 2.75) is 50.4 Å². The van der Waals surface area contributed by atoms with Crippen molar-refractivity contribution in [3.05, 3.63) is 64.1 Å². The number of Topliss-reactive ketones (excluding diaryl/α,β-unsaturated/α-hetero) is 1. The maximum absolute atomic E-state index is 13.3. The first kappa shape index (κ1) is 25.1. The number of carbonyl (C=O) groups excluding carboxylic acids is 2. The highest BCUT2D eigenvalue weighted by Crippen LogP contribution is 2.43. The Morgan fingerprint density at radius 3 is 2.43 bits per heavy atom. The molecule has 0 saturated heterocycles. The highest BCUT2D eigenvalue weighted by atomic mass is 79.9. The van der Waals surface area contributed by atoms with Crippen LogP contribution in [0, 0.1) is 11.8 Å². The Morgan fingerprint density at radius 1 is 1.03 bits per heavy atom. The fourth-order valence-electron chi connectivity index (χ4n) is 4.99. The van der Waals surface area contributed by atoms with E-state index in [0.717, 1.165) is 31.2 Å². The zero-order chi connectivity index (χ0) is 25.0. The van der Waals surface area contributed by atoms with E-state index in [1.54, 1.807) is 12.1 Å². The largest absolute Gasteiger partial charge is 0.481 e. The van der Waals surface area contributed by atoms with Gasteiger partial charge in [0.05, 0.1) is 11.0 Å². The summed E-state index contributed by atoms with van der Waals surface area (Å²) in [6.45, 7) is -0.578. The molecule has 2 saturated carbocycles. The molecule has 2 fully saturated rings. The van der Waals surface area contributed by atoms with Crippen LogP contribution in [0.15, 0.2) is 58.0 Å². The average Bonchev–Trinajstić information content (AvgIpc) is 3.70. The first-order valence-corrected chi connectivity index (χ1v) is 12.7. The maximum atomic E-state index is 13.3. The molecule has 3 N–H and O–H groups in total. The summed E-state index contributed by atoms with van der Waals surface area (Å²) in [5.41, 5.74) is 7.07. The van der Waals surface area contributed by atoms with Crippen LogP contribution in [0.25, 0.3) is 0 Å². The van der Waals surface area contributed by atoms with Crippen molar-refractivity contribution in [1.29, 1.82) is 0 Å². The van der Waals surface area contributed by atoms with Gasteiger partial charge in [0, 0.05) is 16.3 Å². The van der Waals surface area contributed by atoms with Gasteiger partial charge in [-0.15, -0.1) is 0 Å². The molecule has 1 amide bonds. The number of benzene rings is 2. The molecule has 0 heterocycles. The predicted molar refractivity (Wildman–Crippen MR) is 136 cm³/mol. The first-order valence-electron chi connectivity index (χ1n) is 11.9. The van der Waals surface area contributed by atoms with Gasteiger partial charge in [0.15, 0.2) is 6.61 Å². The lowest BCUT2D eigenvalue weighted by atomic mass is 9.73. The second-order valence-corrected chi connectivity index (χ2v) is 10.3. The number of aliphatic imine (C=N–C) groups is 1. The van der Waals surface area contributed by atoms with Crippen molar-refractivity contribution >= 4 is 39.4 Å². The fraction of sp³-hybridized carbons (Fsp3) is 0.407. The SMILES string of the molecule is NC(=NC(=O)c1cc(Br)ccc1OCC(=O)O)C1(c2ccccc2)CCCC(C(=O)C2CC2)CC1. The van der Waals surface area contributed by atoms with E-state index in [1.807, 2.05) is 30.3 Å². The van der Waals surface area contributed by atoms with E-state index < -0.39 is 23.9 Å². The van der Waals surface area contributed by atoms with Crippen LogP contribution in [-0.2, 0) is 15.0 Å². The van der Waals surface area contributed by atoms with Crippen molar-refractivity contribution in [3.63, 3.8) is 0 Å². The van der Waals surface area contributed by atoms with Crippen LogP contribution < -0.4 is 10.5 Å². The summed E-state index contributed by atoms with van der Waals surface area (Å²) in [5, 5.41) is 8.97. The number of hydrogen-bond donors (Lipinski definition) is 2. The third-order valence-corrected chi connectivity index (χ3v) is 7.51. The molecular formula is C27H29BrN2O5. The molecule has 0 bridgehead atoms. The quantitative estimate of drug-likeness (QED) is 0.279. The minimum atomic E-state index is -1.15. The molecule has 184 valence electrons. The fourth-order valence-corrected chi connectivity index (χ4v) is 5.35. The van der Waals surface area contributed by atoms with Crippen LogP contribution in [0.3, 0.4) is 0 Å². The van der Waals surface area contributed by atoms with Crippen molar-refractivity contribution in [3.8, 4) is 5.75 Å². The smallest absolute Gasteiger partial charge is 0.341 e. The van der Waals surface area contributed by atoms with Gasteiger partial charge in [-0.05, 0) is 62.3 Å². The lowest BCUT2D eigenvalue weighted by molar-refractivity contribution is -0.139. The molecule has 2 unspecified atom stereocenters.